The van der Waals surface area contributed by atoms with E-state index in [9.17, 15) is 9.59 Å². The molecule has 0 aliphatic rings. The lowest BCUT2D eigenvalue weighted by atomic mass is 10.1. The second kappa shape index (κ2) is 10.4. The van der Waals surface area contributed by atoms with E-state index in [-0.39, 0.29) is 11.6 Å². The average Bonchev–Trinajstić information content (AvgIpc) is 2.79. The molecule has 0 aliphatic heterocycles. The van der Waals surface area contributed by atoms with Gasteiger partial charge in [0.25, 0.3) is 11.8 Å². The van der Waals surface area contributed by atoms with Gasteiger partial charge in [-0.1, -0.05) is 70.5 Å². The van der Waals surface area contributed by atoms with Gasteiger partial charge in [-0.25, -0.2) is 0 Å². The van der Waals surface area contributed by atoms with Crippen molar-refractivity contribution < 1.29 is 14.3 Å². The molecule has 0 radical (unpaired) electrons. The van der Waals surface area contributed by atoms with Crippen molar-refractivity contribution in [2.45, 2.75) is 6.54 Å². The zero-order valence-corrected chi connectivity index (χ0v) is 18.0. The summed E-state index contributed by atoms with van der Waals surface area (Å²) >= 11 is 3.39. The van der Waals surface area contributed by atoms with Crippen LogP contribution in [0.4, 0.5) is 0 Å². The largest absolute Gasteiger partial charge is 0.496 e. The molecule has 3 aromatic carbocycles. The topological polar surface area (TPSA) is 67.4 Å². The Bertz CT molecular complexity index is 1050. The number of methoxy groups -OCH3 is 1. The summed E-state index contributed by atoms with van der Waals surface area (Å²) in [4.78, 5) is 25.7. The van der Waals surface area contributed by atoms with E-state index in [0.717, 1.165) is 15.6 Å². The molecule has 0 spiro atoms. The van der Waals surface area contributed by atoms with Crippen LogP contribution in [0.1, 0.15) is 21.5 Å². The maximum absolute atomic E-state index is 12.9. The standard InChI is InChI=1S/C24H21BrN2O3/c1-30-22-10-6-5-9-20(22)23(28)27-21(15-17-11-13-19(25)14-12-17)24(29)26-16-18-7-3-2-4-8-18/h2-15H,16H2,1H3,(H,26,29)(H,27,28). The monoisotopic (exact) mass is 464 g/mol. The van der Waals surface area contributed by atoms with Crippen LogP contribution in [0, 0.1) is 0 Å². The molecule has 0 aliphatic carbocycles. The molecule has 6 heteroatoms. The van der Waals surface area contributed by atoms with Crippen LogP contribution in [0.2, 0.25) is 0 Å². The lowest BCUT2D eigenvalue weighted by Gasteiger charge is -2.13. The third kappa shape index (κ3) is 5.81. The fourth-order valence-electron chi connectivity index (χ4n) is 2.78. The summed E-state index contributed by atoms with van der Waals surface area (Å²) in [5.74, 6) is -0.377. The Hall–Kier alpha value is -3.38. The Labute approximate surface area is 183 Å². The minimum atomic E-state index is -0.425. The van der Waals surface area contributed by atoms with E-state index < -0.39 is 5.91 Å². The van der Waals surface area contributed by atoms with Crippen LogP contribution in [0.3, 0.4) is 0 Å². The molecule has 0 fully saturated rings. The molecular formula is C24H21BrN2O3. The van der Waals surface area contributed by atoms with Crippen molar-refractivity contribution in [2.75, 3.05) is 7.11 Å². The van der Waals surface area contributed by atoms with Gasteiger partial charge in [0, 0.05) is 11.0 Å². The first-order chi connectivity index (χ1) is 14.6. The van der Waals surface area contributed by atoms with Crippen molar-refractivity contribution in [3.05, 3.63) is 106 Å². The van der Waals surface area contributed by atoms with Gasteiger partial charge in [-0.2, -0.15) is 0 Å². The molecule has 30 heavy (non-hydrogen) atoms. The number of para-hydroxylation sites is 1. The third-order valence-corrected chi connectivity index (χ3v) is 4.85. The van der Waals surface area contributed by atoms with Crippen LogP contribution in [0.25, 0.3) is 6.08 Å². The van der Waals surface area contributed by atoms with Crippen molar-refractivity contribution in [2.24, 2.45) is 0 Å². The van der Waals surface area contributed by atoms with E-state index in [1.165, 1.54) is 7.11 Å². The zero-order chi connectivity index (χ0) is 21.3. The molecule has 0 saturated carbocycles. The van der Waals surface area contributed by atoms with Crippen molar-refractivity contribution in [1.82, 2.24) is 10.6 Å². The van der Waals surface area contributed by atoms with Gasteiger partial charge < -0.3 is 15.4 Å². The SMILES string of the molecule is COc1ccccc1C(=O)NC(=Cc1ccc(Br)cc1)C(=O)NCc1ccccc1. The lowest BCUT2D eigenvalue weighted by Crippen LogP contribution is -2.34. The van der Waals surface area contributed by atoms with Crippen LogP contribution in [0.15, 0.2) is 89.0 Å². The summed E-state index contributed by atoms with van der Waals surface area (Å²) in [5.41, 5.74) is 2.23. The van der Waals surface area contributed by atoms with Crippen molar-refractivity contribution in [3.63, 3.8) is 0 Å². The van der Waals surface area contributed by atoms with Crippen LogP contribution in [-0.2, 0) is 11.3 Å². The minimum Gasteiger partial charge on any atom is -0.496 e. The van der Waals surface area contributed by atoms with Gasteiger partial charge in [0.05, 0.1) is 12.7 Å². The molecule has 0 saturated heterocycles. The van der Waals surface area contributed by atoms with Gasteiger partial charge in [-0.3, -0.25) is 9.59 Å². The molecule has 3 aromatic rings. The predicted octanol–water partition coefficient (Wildman–Crippen LogP) is 4.55. The summed E-state index contributed by atoms with van der Waals surface area (Å²) < 4.78 is 6.18. The van der Waals surface area contributed by atoms with Gasteiger partial charge in [0.15, 0.2) is 0 Å². The first-order valence-corrected chi connectivity index (χ1v) is 10.1. The summed E-state index contributed by atoms with van der Waals surface area (Å²) in [6.45, 7) is 0.349. The van der Waals surface area contributed by atoms with E-state index in [4.69, 9.17) is 4.74 Å². The predicted molar refractivity (Wildman–Crippen MR) is 121 cm³/mol. The summed E-state index contributed by atoms with van der Waals surface area (Å²) in [6, 6.07) is 23.9. The summed E-state index contributed by atoms with van der Waals surface area (Å²) in [6.07, 6.45) is 1.64. The average molecular weight is 465 g/mol. The van der Waals surface area contributed by atoms with Gasteiger partial charge in [-0.15, -0.1) is 0 Å². The molecule has 2 N–H and O–H groups in total. The van der Waals surface area contributed by atoms with Crippen molar-refractivity contribution >= 4 is 33.8 Å². The first kappa shape index (κ1) is 21.3. The number of ether oxygens (including phenoxy) is 1. The van der Waals surface area contributed by atoms with Crippen LogP contribution >= 0.6 is 15.9 Å². The Kier molecular flexibility index (Phi) is 7.40. The number of hydrogen-bond acceptors (Lipinski definition) is 3. The maximum Gasteiger partial charge on any atom is 0.268 e. The molecule has 152 valence electrons. The fourth-order valence-corrected chi connectivity index (χ4v) is 3.04. The second-order valence-electron chi connectivity index (χ2n) is 6.43. The van der Waals surface area contributed by atoms with Gasteiger partial charge in [0.1, 0.15) is 11.4 Å². The molecule has 0 unspecified atom stereocenters. The van der Waals surface area contributed by atoms with E-state index >= 15 is 0 Å². The smallest absolute Gasteiger partial charge is 0.268 e. The van der Waals surface area contributed by atoms with Crippen LogP contribution in [0.5, 0.6) is 5.75 Å². The van der Waals surface area contributed by atoms with Crippen molar-refractivity contribution in [1.29, 1.82) is 0 Å². The second-order valence-corrected chi connectivity index (χ2v) is 7.35. The highest BCUT2D eigenvalue weighted by molar-refractivity contribution is 9.10. The number of nitrogens with one attached hydrogen (secondary N) is 2. The highest BCUT2D eigenvalue weighted by Gasteiger charge is 2.17. The zero-order valence-electron chi connectivity index (χ0n) is 16.4. The molecule has 0 heterocycles. The normalized spacial score (nSPS) is 10.9. The summed E-state index contributed by atoms with van der Waals surface area (Å²) in [5, 5.41) is 5.58. The molecule has 5 nitrogen and oxygen atoms in total. The molecule has 3 rings (SSSR count). The number of rotatable bonds is 7. The van der Waals surface area contributed by atoms with Crippen LogP contribution < -0.4 is 15.4 Å². The first-order valence-electron chi connectivity index (χ1n) is 9.30. The number of halogens is 1. The number of carbonyl (C=O) groups is 2. The lowest BCUT2D eigenvalue weighted by molar-refractivity contribution is -0.117. The minimum absolute atomic E-state index is 0.143. The molecular weight excluding hydrogens is 444 g/mol. The number of amides is 2. The number of carbonyl (C=O) groups excluding carboxylic acids is 2. The molecule has 0 atom stereocenters. The Morgan fingerprint density at radius 1 is 0.933 bits per heavy atom. The fraction of sp³-hybridized carbons (Fsp3) is 0.0833. The number of benzene rings is 3. The van der Waals surface area contributed by atoms with E-state index in [1.807, 2.05) is 54.6 Å². The highest BCUT2D eigenvalue weighted by Crippen LogP contribution is 2.18. The van der Waals surface area contributed by atoms with E-state index in [0.29, 0.717) is 17.9 Å². The summed E-state index contributed by atoms with van der Waals surface area (Å²) in [7, 11) is 1.50. The van der Waals surface area contributed by atoms with Gasteiger partial charge in [-0.05, 0) is 41.5 Å². The van der Waals surface area contributed by atoms with E-state index in [1.54, 1.807) is 30.3 Å². The number of hydrogen-bond donors (Lipinski definition) is 2. The Morgan fingerprint density at radius 3 is 2.30 bits per heavy atom. The third-order valence-electron chi connectivity index (χ3n) is 4.32. The van der Waals surface area contributed by atoms with Crippen molar-refractivity contribution in [3.8, 4) is 5.75 Å². The Balaban J connectivity index is 1.84. The molecule has 2 amide bonds. The molecule has 0 bridgehead atoms. The quantitative estimate of drug-likeness (QED) is 0.504. The Morgan fingerprint density at radius 2 is 1.60 bits per heavy atom. The maximum atomic E-state index is 12.9. The van der Waals surface area contributed by atoms with Gasteiger partial charge >= 0.3 is 0 Å². The highest BCUT2D eigenvalue weighted by atomic mass is 79.9. The van der Waals surface area contributed by atoms with Crippen LogP contribution in [-0.4, -0.2) is 18.9 Å². The van der Waals surface area contributed by atoms with Gasteiger partial charge in [0.2, 0.25) is 0 Å². The molecule has 0 aromatic heterocycles. The van der Waals surface area contributed by atoms with E-state index in [2.05, 4.69) is 26.6 Å².